The first-order chi connectivity index (χ1) is 13.0. The molecule has 0 amide bonds. The molecule has 3 heterocycles. The maximum absolute atomic E-state index is 11.6. The molecule has 0 unspecified atom stereocenters. The van der Waals surface area contributed by atoms with E-state index in [4.69, 9.17) is 18.9 Å². The Morgan fingerprint density at radius 1 is 1.25 bits per heavy atom. The van der Waals surface area contributed by atoms with Crippen LogP contribution in [0.5, 0.6) is 0 Å². The summed E-state index contributed by atoms with van der Waals surface area (Å²) in [6.45, 7) is 13.9. The number of rotatable bonds is 4. The van der Waals surface area contributed by atoms with E-state index in [1.807, 2.05) is 19.9 Å². The second kappa shape index (κ2) is 7.53. The highest BCUT2D eigenvalue weighted by atomic mass is 16.7. The summed E-state index contributed by atoms with van der Waals surface area (Å²) in [5.41, 5.74) is 2.22. The number of fused-ring (bicyclic) bond motifs is 2. The summed E-state index contributed by atoms with van der Waals surface area (Å²) in [4.78, 5) is 11.6. The highest BCUT2D eigenvalue weighted by molar-refractivity contribution is 5.84. The predicted molar refractivity (Wildman–Crippen MR) is 107 cm³/mol. The van der Waals surface area contributed by atoms with Crippen molar-refractivity contribution in [2.75, 3.05) is 0 Å². The number of hydrogen-bond acceptors (Lipinski definition) is 5. The van der Waals surface area contributed by atoms with Crippen molar-refractivity contribution in [2.24, 2.45) is 11.8 Å². The molecule has 0 aromatic rings. The normalized spacial score (nSPS) is 36.3. The quantitative estimate of drug-likeness (QED) is 0.393. The Kier molecular flexibility index (Phi) is 5.61. The van der Waals surface area contributed by atoms with Gasteiger partial charge in [0.25, 0.3) is 0 Å². The topological polar surface area (TPSA) is 54.0 Å². The Labute approximate surface area is 168 Å². The predicted octanol–water partition coefficient (Wildman–Crippen LogP) is 4.80. The average molecular weight is 389 g/mol. The monoisotopic (exact) mass is 388 g/mol. The van der Waals surface area contributed by atoms with Gasteiger partial charge in [-0.05, 0) is 38.8 Å². The molecule has 3 aliphatic heterocycles. The van der Waals surface area contributed by atoms with Crippen LogP contribution in [0.15, 0.2) is 47.3 Å². The Hall–Kier alpha value is -1.85. The summed E-state index contributed by atoms with van der Waals surface area (Å²) in [7, 11) is 0. The van der Waals surface area contributed by atoms with E-state index in [1.165, 1.54) is 6.08 Å². The van der Waals surface area contributed by atoms with Gasteiger partial charge in [-0.15, -0.1) is 0 Å². The van der Waals surface area contributed by atoms with Crippen LogP contribution in [-0.2, 0) is 23.7 Å². The number of carbonyl (C=O) groups excluding carboxylic acids is 1. The zero-order valence-corrected chi connectivity index (χ0v) is 17.9. The fourth-order valence-corrected chi connectivity index (χ4v) is 4.10. The number of cyclic esters (lactones) is 1. The maximum Gasteiger partial charge on any atom is 0.337 e. The summed E-state index contributed by atoms with van der Waals surface area (Å²) >= 11 is 0. The lowest BCUT2D eigenvalue weighted by Crippen LogP contribution is -2.55. The molecule has 154 valence electrons. The van der Waals surface area contributed by atoms with E-state index in [0.29, 0.717) is 11.7 Å². The second-order valence-electron chi connectivity index (χ2n) is 8.74. The highest BCUT2D eigenvalue weighted by Crippen LogP contribution is 2.43. The molecular weight excluding hydrogens is 356 g/mol. The summed E-state index contributed by atoms with van der Waals surface area (Å²) in [6.07, 6.45) is 10.8. The van der Waals surface area contributed by atoms with E-state index in [9.17, 15) is 4.79 Å². The summed E-state index contributed by atoms with van der Waals surface area (Å²) in [5, 5.41) is 0. The Bertz CT molecular complexity index is 757. The minimum Gasteiger partial charge on any atom is -0.453 e. The van der Waals surface area contributed by atoms with E-state index >= 15 is 0 Å². The van der Waals surface area contributed by atoms with Crippen molar-refractivity contribution >= 4 is 5.97 Å². The van der Waals surface area contributed by atoms with Crippen molar-refractivity contribution in [2.45, 2.75) is 78.7 Å². The van der Waals surface area contributed by atoms with Gasteiger partial charge in [0.05, 0.1) is 18.3 Å². The SMILES string of the molecule is CC1=CC[C@H]2O[C@]1(C)O[C@H]([C@H](C)/C=C(C)/C=C/C1=CC(=O)OC(C)(C)O1)[C@H]2C. The molecule has 0 N–H and O–H groups in total. The van der Waals surface area contributed by atoms with Gasteiger partial charge in [-0.25, -0.2) is 4.79 Å². The Morgan fingerprint density at radius 2 is 1.96 bits per heavy atom. The smallest absolute Gasteiger partial charge is 0.337 e. The van der Waals surface area contributed by atoms with E-state index in [0.717, 1.165) is 17.6 Å². The van der Waals surface area contributed by atoms with Gasteiger partial charge in [0.15, 0.2) is 5.79 Å². The molecule has 28 heavy (non-hydrogen) atoms. The number of hydrogen-bond donors (Lipinski definition) is 0. The van der Waals surface area contributed by atoms with Crippen LogP contribution in [0.25, 0.3) is 0 Å². The third-order valence-corrected chi connectivity index (χ3v) is 5.74. The summed E-state index contributed by atoms with van der Waals surface area (Å²) in [5.74, 6) is -0.933. The molecule has 1 fully saturated rings. The van der Waals surface area contributed by atoms with Crippen LogP contribution < -0.4 is 0 Å². The molecule has 5 atom stereocenters. The van der Waals surface area contributed by atoms with Crippen molar-refractivity contribution in [1.82, 2.24) is 0 Å². The van der Waals surface area contributed by atoms with Gasteiger partial charge < -0.3 is 18.9 Å². The standard InChI is InChI=1S/C23H32O5/c1-14(8-10-18-13-20(24)27-22(5,6)25-18)12-15(2)21-17(4)19-11-9-16(3)23(7,26-19)28-21/h8-10,12-13,15,17,19,21H,11H2,1-7H3/b10-8+,14-12+/t15-,17+,19-,21-,23-/m1/s1. The minimum atomic E-state index is -0.944. The number of ether oxygens (including phenoxy) is 4. The van der Waals surface area contributed by atoms with Gasteiger partial charge in [0, 0.05) is 25.7 Å². The molecule has 0 aromatic carbocycles. The fraction of sp³-hybridized carbons (Fsp3) is 0.609. The van der Waals surface area contributed by atoms with E-state index in [-0.39, 0.29) is 18.1 Å². The van der Waals surface area contributed by atoms with Crippen LogP contribution in [-0.4, -0.2) is 29.8 Å². The van der Waals surface area contributed by atoms with E-state index in [1.54, 1.807) is 19.9 Å². The molecule has 0 saturated carbocycles. The maximum atomic E-state index is 11.6. The van der Waals surface area contributed by atoms with E-state index in [2.05, 4.69) is 32.9 Å². The lowest BCUT2D eigenvalue weighted by molar-refractivity contribution is -0.318. The largest absolute Gasteiger partial charge is 0.453 e. The van der Waals surface area contributed by atoms with Crippen LogP contribution in [0.2, 0.25) is 0 Å². The Morgan fingerprint density at radius 3 is 2.64 bits per heavy atom. The van der Waals surface area contributed by atoms with Gasteiger partial charge in [-0.2, -0.15) is 0 Å². The van der Waals surface area contributed by atoms with E-state index < -0.39 is 17.5 Å². The van der Waals surface area contributed by atoms with Gasteiger partial charge in [0.2, 0.25) is 5.79 Å². The van der Waals surface area contributed by atoms with Gasteiger partial charge in [-0.1, -0.05) is 37.6 Å². The first-order valence-electron chi connectivity index (χ1n) is 10.0. The van der Waals surface area contributed by atoms with Crippen molar-refractivity contribution in [3.63, 3.8) is 0 Å². The lowest BCUT2D eigenvalue weighted by Gasteiger charge is -2.50. The zero-order valence-electron chi connectivity index (χ0n) is 17.9. The molecule has 5 nitrogen and oxygen atoms in total. The molecule has 0 spiro atoms. The van der Waals surface area contributed by atoms with Crippen molar-refractivity contribution < 1.29 is 23.7 Å². The molecule has 1 saturated heterocycles. The van der Waals surface area contributed by atoms with Gasteiger partial charge in [-0.3, -0.25) is 0 Å². The minimum absolute atomic E-state index is 0.0785. The molecule has 0 aromatic heterocycles. The molecule has 3 rings (SSSR count). The summed E-state index contributed by atoms with van der Waals surface area (Å²) in [6, 6.07) is 0. The van der Waals surface area contributed by atoms with Crippen LogP contribution in [0.3, 0.4) is 0 Å². The molecule has 5 heteroatoms. The van der Waals surface area contributed by atoms with Gasteiger partial charge >= 0.3 is 5.97 Å². The van der Waals surface area contributed by atoms with Crippen LogP contribution in [0.4, 0.5) is 0 Å². The van der Waals surface area contributed by atoms with Gasteiger partial charge in [0.1, 0.15) is 5.76 Å². The third kappa shape index (κ3) is 4.41. The van der Waals surface area contributed by atoms with Crippen LogP contribution >= 0.6 is 0 Å². The van der Waals surface area contributed by atoms with Crippen LogP contribution in [0, 0.1) is 11.8 Å². The summed E-state index contributed by atoms with van der Waals surface area (Å²) < 4.78 is 23.4. The average Bonchev–Trinajstić information content (AvgIpc) is 2.57. The first kappa shape index (κ1) is 20.9. The van der Waals surface area contributed by atoms with Crippen molar-refractivity contribution in [3.8, 4) is 0 Å². The molecule has 2 bridgehead atoms. The molecule has 3 aliphatic rings. The van der Waals surface area contributed by atoms with Crippen molar-refractivity contribution in [3.05, 3.63) is 47.3 Å². The lowest BCUT2D eigenvalue weighted by atomic mass is 9.82. The molecular formula is C23H32O5. The van der Waals surface area contributed by atoms with Crippen LogP contribution in [0.1, 0.15) is 54.9 Å². The molecule has 0 radical (unpaired) electrons. The highest BCUT2D eigenvalue weighted by Gasteiger charge is 2.47. The molecule has 0 aliphatic carbocycles. The van der Waals surface area contributed by atoms with Crippen molar-refractivity contribution in [1.29, 1.82) is 0 Å². The first-order valence-corrected chi connectivity index (χ1v) is 10.0. The second-order valence-corrected chi connectivity index (χ2v) is 8.74. The fourth-order valence-electron chi connectivity index (χ4n) is 4.10. The third-order valence-electron chi connectivity index (χ3n) is 5.74. The number of esters is 1. The number of carbonyl (C=O) groups is 1. The number of allylic oxidation sites excluding steroid dienone is 3. The Balaban J connectivity index is 1.71. The zero-order chi connectivity index (χ0) is 20.7.